The van der Waals surface area contributed by atoms with Crippen LogP contribution in [0.5, 0.6) is 0 Å². The summed E-state index contributed by atoms with van der Waals surface area (Å²) >= 11 is 0. The summed E-state index contributed by atoms with van der Waals surface area (Å²) in [6.45, 7) is 7.95. The van der Waals surface area contributed by atoms with Gasteiger partial charge in [0.2, 0.25) is 0 Å². The van der Waals surface area contributed by atoms with E-state index in [1.165, 1.54) is 32.1 Å². The van der Waals surface area contributed by atoms with Crippen LogP contribution in [0.3, 0.4) is 0 Å². The molecule has 2 fully saturated rings. The third-order valence-electron chi connectivity index (χ3n) is 4.40. The second-order valence-electron chi connectivity index (χ2n) is 6.85. The lowest BCUT2D eigenvalue weighted by Gasteiger charge is -2.28. The first-order chi connectivity index (χ1) is 7.29. The van der Waals surface area contributed by atoms with E-state index in [9.17, 15) is 4.79 Å². The van der Waals surface area contributed by atoms with Gasteiger partial charge < -0.3 is 4.74 Å². The highest BCUT2D eigenvalue weighted by atomic mass is 16.6. The molecule has 0 aliphatic heterocycles. The molecule has 0 radical (unpaired) electrons. The van der Waals surface area contributed by atoms with Crippen LogP contribution in [-0.2, 0) is 9.53 Å². The van der Waals surface area contributed by atoms with Crippen molar-refractivity contribution in [2.24, 2.45) is 10.8 Å². The van der Waals surface area contributed by atoms with Crippen molar-refractivity contribution in [1.82, 2.24) is 0 Å². The maximum Gasteiger partial charge on any atom is 0.312 e. The maximum absolute atomic E-state index is 12.2. The predicted molar refractivity (Wildman–Crippen MR) is 64.1 cm³/mol. The zero-order valence-electron chi connectivity index (χ0n) is 11.1. The fraction of sp³-hybridized carbons (Fsp3) is 0.929. The summed E-state index contributed by atoms with van der Waals surface area (Å²) in [4.78, 5) is 12.2. The number of ether oxygens (including phenoxy) is 1. The van der Waals surface area contributed by atoms with Gasteiger partial charge in [-0.05, 0) is 52.4 Å². The lowest BCUT2D eigenvalue weighted by atomic mass is 9.80. The summed E-state index contributed by atoms with van der Waals surface area (Å²) in [6, 6.07) is 0. The van der Waals surface area contributed by atoms with Crippen LogP contribution in [0.4, 0.5) is 0 Å². The zero-order valence-corrected chi connectivity index (χ0v) is 11.1. The lowest BCUT2D eigenvalue weighted by Crippen LogP contribution is -2.32. The van der Waals surface area contributed by atoms with Gasteiger partial charge in [-0.25, -0.2) is 0 Å². The van der Waals surface area contributed by atoms with E-state index < -0.39 is 0 Å². The van der Waals surface area contributed by atoms with Crippen molar-refractivity contribution in [3.05, 3.63) is 0 Å². The van der Waals surface area contributed by atoms with E-state index in [1.807, 2.05) is 20.8 Å². The number of esters is 1. The first-order valence-electron chi connectivity index (χ1n) is 6.53. The van der Waals surface area contributed by atoms with E-state index in [0.717, 1.165) is 6.42 Å². The molecule has 0 heterocycles. The Kier molecular flexibility index (Phi) is 2.60. The van der Waals surface area contributed by atoms with Crippen LogP contribution in [0.2, 0.25) is 0 Å². The molecule has 2 aliphatic carbocycles. The van der Waals surface area contributed by atoms with Crippen LogP contribution >= 0.6 is 0 Å². The highest BCUT2D eigenvalue weighted by molar-refractivity contribution is 5.81. The average molecular weight is 224 g/mol. The third kappa shape index (κ3) is 1.87. The summed E-state index contributed by atoms with van der Waals surface area (Å²) in [5, 5.41) is 0. The molecule has 0 N–H and O–H groups in total. The second kappa shape index (κ2) is 3.48. The van der Waals surface area contributed by atoms with Crippen LogP contribution < -0.4 is 0 Å². The van der Waals surface area contributed by atoms with Crippen molar-refractivity contribution < 1.29 is 9.53 Å². The number of carbonyl (C=O) groups excluding carboxylic acids is 1. The van der Waals surface area contributed by atoms with E-state index in [2.05, 4.69) is 6.92 Å². The smallest absolute Gasteiger partial charge is 0.312 e. The van der Waals surface area contributed by atoms with Gasteiger partial charge in [-0.15, -0.1) is 0 Å². The molecular weight excluding hydrogens is 200 g/mol. The first kappa shape index (κ1) is 11.9. The van der Waals surface area contributed by atoms with E-state index in [1.54, 1.807) is 0 Å². The Morgan fingerprint density at radius 1 is 1.12 bits per heavy atom. The molecular formula is C14H24O2. The van der Waals surface area contributed by atoms with Crippen molar-refractivity contribution in [3.63, 3.8) is 0 Å². The summed E-state index contributed by atoms with van der Waals surface area (Å²) < 4.78 is 5.55. The van der Waals surface area contributed by atoms with Gasteiger partial charge in [0, 0.05) is 0 Å². The molecule has 0 aromatic carbocycles. The fourth-order valence-corrected chi connectivity index (χ4v) is 3.27. The monoisotopic (exact) mass is 224 g/mol. The van der Waals surface area contributed by atoms with Crippen molar-refractivity contribution in [3.8, 4) is 0 Å². The number of carbonyl (C=O) groups is 1. The van der Waals surface area contributed by atoms with Gasteiger partial charge in [0.1, 0.15) is 5.60 Å². The molecule has 0 aromatic heterocycles. The van der Waals surface area contributed by atoms with Crippen molar-refractivity contribution in [2.45, 2.75) is 71.8 Å². The summed E-state index contributed by atoms with van der Waals surface area (Å²) in [7, 11) is 0. The number of rotatable bonds is 1. The Morgan fingerprint density at radius 2 is 1.69 bits per heavy atom. The average Bonchev–Trinajstić information content (AvgIpc) is 2.71. The summed E-state index contributed by atoms with van der Waals surface area (Å²) in [5.41, 5.74) is -0.229. The van der Waals surface area contributed by atoms with Crippen molar-refractivity contribution >= 4 is 5.97 Å². The van der Waals surface area contributed by atoms with Gasteiger partial charge in [-0.1, -0.05) is 19.3 Å². The van der Waals surface area contributed by atoms with E-state index in [-0.39, 0.29) is 17.0 Å². The van der Waals surface area contributed by atoms with Crippen LogP contribution in [0, 0.1) is 10.8 Å². The molecule has 16 heavy (non-hydrogen) atoms. The van der Waals surface area contributed by atoms with E-state index in [4.69, 9.17) is 4.74 Å². The minimum Gasteiger partial charge on any atom is -0.460 e. The molecule has 2 aliphatic rings. The largest absolute Gasteiger partial charge is 0.460 e. The Morgan fingerprint density at radius 3 is 2.19 bits per heavy atom. The lowest BCUT2D eigenvalue weighted by molar-refractivity contribution is -0.163. The maximum atomic E-state index is 12.2. The summed E-state index contributed by atoms with van der Waals surface area (Å²) in [5.74, 6) is 0.0295. The minimum atomic E-state index is -0.349. The number of hydrogen-bond donors (Lipinski definition) is 0. The normalized spacial score (nSPS) is 32.5. The Hall–Kier alpha value is -0.530. The zero-order chi connectivity index (χ0) is 12.0. The van der Waals surface area contributed by atoms with Gasteiger partial charge in [0.15, 0.2) is 0 Å². The van der Waals surface area contributed by atoms with Crippen LogP contribution in [0.15, 0.2) is 0 Å². The second-order valence-corrected chi connectivity index (χ2v) is 6.85. The SMILES string of the molecule is CC(C)(C)OC(=O)C1(C)CC12CCCCC2. The Labute approximate surface area is 98.7 Å². The first-order valence-corrected chi connectivity index (χ1v) is 6.53. The van der Waals surface area contributed by atoms with Gasteiger partial charge in [-0.2, -0.15) is 0 Å². The standard InChI is InChI=1S/C14H24O2/c1-12(2,3)16-11(15)13(4)10-14(13)8-6-5-7-9-14/h5-10H2,1-4H3. The molecule has 0 bridgehead atoms. The van der Waals surface area contributed by atoms with Crippen molar-refractivity contribution in [1.29, 1.82) is 0 Å². The highest BCUT2D eigenvalue weighted by Gasteiger charge is 2.69. The molecule has 0 amide bonds. The quantitative estimate of drug-likeness (QED) is 0.635. The third-order valence-corrected chi connectivity index (χ3v) is 4.40. The summed E-state index contributed by atoms with van der Waals surface area (Å²) in [6.07, 6.45) is 7.42. The Bertz CT molecular complexity index is 294. The topological polar surface area (TPSA) is 26.3 Å². The molecule has 0 saturated heterocycles. The van der Waals surface area contributed by atoms with Gasteiger partial charge in [0.25, 0.3) is 0 Å². The van der Waals surface area contributed by atoms with E-state index >= 15 is 0 Å². The van der Waals surface area contributed by atoms with Gasteiger partial charge in [-0.3, -0.25) is 4.79 Å². The molecule has 2 saturated carbocycles. The van der Waals surface area contributed by atoms with Gasteiger partial charge in [0.05, 0.1) is 5.41 Å². The van der Waals surface area contributed by atoms with E-state index in [0.29, 0.717) is 5.41 Å². The molecule has 0 aromatic rings. The van der Waals surface area contributed by atoms with Crippen LogP contribution in [-0.4, -0.2) is 11.6 Å². The fourth-order valence-electron chi connectivity index (χ4n) is 3.27. The highest BCUT2D eigenvalue weighted by Crippen LogP contribution is 2.70. The Balaban J connectivity index is 2.03. The molecule has 92 valence electrons. The van der Waals surface area contributed by atoms with Gasteiger partial charge >= 0.3 is 5.97 Å². The van der Waals surface area contributed by atoms with Crippen molar-refractivity contribution in [2.75, 3.05) is 0 Å². The molecule has 2 nitrogen and oxygen atoms in total. The molecule has 2 heteroatoms. The molecule has 1 atom stereocenters. The molecule has 1 spiro atoms. The minimum absolute atomic E-state index is 0.0295. The predicted octanol–water partition coefficient (Wildman–Crippen LogP) is 3.69. The van der Waals surface area contributed by atoms with Crippen LogP contribution in [0.1, 0.15) is 66.2 Å². The molecule has 1 unspecified atom stereocenters. The van der Waals surface area contributed by atoms with Crippen LogP contribution in [0.25, 0.3) is 0 Å². The molecule has 2 rings (SSSR count). The number of hydrogen-bond acceptors (Lipinski definition) is 2.